The molecule has 0 saturated heterocycles. The molecule has 1 aromatic rings. The van der Waals surface area contributed by atoms with Crippen LogP contribution in [0, 0.1) is 10.1 Å². The van der Waals surface area contributed by atoms with Gasteiger partial charge in [-0.25, -0.2) is 0 Å². The lowest BCUT2D eigenvalue weighted by molar-refractivity contribution is -0.384. The summed E-state index contributed by atoms with van der Waals surface area (Å²) in [5, 5.41) is 19.6. The lowest BCUT2D eigenvalue weighted by Crippen LogP contribution is -1.98. The second-order valence-corrected chi connectivity index (χ2v) is 2.77. The fraction of sp³-hybridized carbons (Fsp3) is 0.222. The lowest BCUT2D eigenvalue weighted by atomic mass is 10.1. The summed E-state index contributed by atoms with van der Waals surface area (Å²) in [7, 11) is 0. The summed E-state index contributed by atoms with van der Waals surface area (Å²) >= 11 is 0. The Morgan fingerprint density at radius 3 is 2.43 bits per heavy atom. The topological polar surface area (TPSA) is 80.4 Å². The summed E-state index contributed by atoms with van der Waals surface area (Å²) in [6.07, 6.45) is -0.280. The van der Waals surface area contributed by atoms with Crippen LogP contribution >= 0.6 is 0 Å². The van der Waals surface area contributed by atoms with Crippen molar-refractivity contribution in [2.75, 3.05) is 0 Å². The quantitative estimate of drug-likeness (QED) is 0.445. The maximum Gasteiger partial charge on any atom is 0.269 e. The Hall–Kier alpha value is -1.75. The molecule has 1 N–H and O–H groups in total. The van der Waals surface area contributed by atoms with Crippen molar-refractivity contribution in [1.82, 2.24) is 0 Å². The fourth-order valence-electron chi connectivity index (χ4n) is 1.05. The van der Waals surface area contributed by atoms with Crippen molar-refractivity contribution in [1.29, 1.82) is 0 Å². The van der Waals surface area contributed by atoms with Crippen LogP contribution in [0.15, 0.2) is 24.3 Å². The Balaban J connectivity index is 2.82. The van der Waals surface area contributed by atoms with Crippen LogP contribution < -0.4 is 0 Å². The van der Waals surface area contributed by atoms with Gasteiger partial charge in [0.15, 0.2) is 0 Å². The largest absolute Gasteiger partial charge is 0.388 e. The first-order chi connectivity index (χ1) is 6.65. The monoisotopic (exact) mass is 195 g/mol. The Morgan fingerprint density at radius 1 is 1.43 bits per heavy atom. The summed E-state index contributed by atoms with van der Waals surface area (Å²) in [6, 6.07) is 5.46. The number of carbonyl (C=O) groups is 1. The minimum Gasteiger partial charge on any atom is -0.388 e. The molecule has 1 atom stereocenters. The van der Waals surface area contributed by atoms with Gasteiger partial charge >= 0.3 is 0 Å². The Labute approximate surface area is 80.1 Å². The molecule has 0 aliphatic heterocycles. The van der Waals surface area contributed by atoms with E-state index in [0.29, 0.717) is 11.8 Å². The SMILES string of the molecule is O=CC[C@H](O)c1ccc([N+](=O)[O-])cc1. The third kappa shape index (κ3) is 2.37. The van der Waals surface area contributed by atoms with E-state index in [-0.39, 0.29) is 12.1 Å². The summed E-state index contributed by atoms with van der Waals surface area (Å²) in [5.41, 5.74) is 0.467. The van der Waals surface area contributed by atoms with E-state index in [0.717, 1.165) is 0 Å². The van der Waals surface area contributed by atoms with Crippen molar-refractivity contribution in [3.8, 4) is 0 Å². The van der Waals surface area contributed by atoms with Crippen LogP contribution in [-0.2, 0) is 4.79 Å². The van der Waals surface area contributed by atoms with E-state index in [1.807, 2.05) is 0 Å². The number of carbonyl (C=O) groups excluding carboxylic acids is 1. The standard InChI is InChI=1S/C9H9NO4/c11-6-5-9(12)7-1-3-8(4-2-7)10(13)14/h1-4,6,9,12H,5H2/t9-/m0/s1. The van der Waals surface area contributed by atoms with Crippen LogP contribution in [0.25, 0.3) is 0 Å². The minimum absolute atomic E-state index is 0.00217. The summed E-state index contributed by atoms with van der Waals surface area (Å²) in [5.74, 6) is 0. The first-order valence-electron chi connectivity index (χ1n) is 4.01. The Kier molecular flexibility index (Phi) is 3.30. The second kappa shape index (κ2) is 4.48. The summed E-state index contributed by atoms with van der Waals surface area (Å²) in [4.78, 5) is 19.9. The highest BCUT2D eigenvalue weighted by molar-refractivity contribution is 5.51. The molecular weight excluding hydrogens is 186 g/mol. The summed E-state index contributed by atoms with van der Waals surface area (Å²) < 4.78 is 0. The first kappa shape index (κ1) is 10.3. The molecule has 0 aromatic heterocycles. The average molecular weight is 195 g/mol. The van der Waals surface area contributed by atoms with Crippen molar-refractivity contribution < 1.29 is 14.8 Å². The van der Waals surface area contributed by atoms with Crippen LogP contribution in [-0.4, -0.2) is 16.3 Å². The van der Waals surface area contributed by atoms with Crippen LogP contribution in [0.1, 0.15) is 18.1 Å². The van der Waals surface area contributed by atoms with E-state index in [4.69, 9.17) is 0 Å². The molecule has 1 rings (SSSR count). The van der Waals surface area contributed by atoms with Gasteiger partial charge in [-0.2, -0.15) is 0 Å². The molecule has 0 aliphatic carbocycles. The predicted octanol–water partition coefficient (Wildman–Crippen LogP) is 1.22. The van der Waals surface area contributed by atoms with Gasteiger partial charge in [0, 0.05) is 18.6 Å². The number of hydrogen-bond donors (Lipinski definition) is 1. The first-order valence-corrected chi connectivity index (χ1v) is 4.01. The average Bonchev–Trinajstić information content (AvgIpc) is 2.18. The molecule has 5 heteroatoms. The van der Waals surface area contributed by atoms with Crippen molar-refractivity contribution in [2.45, 2.75) is 12.5 Å². The molecule has 74 valence electrons. The zero-order valence-electron chi connectivity index (χ0n) is 7.29. The van der Waals surface area contributed by atoms with E-state index in [1.165, 1.54) is 24.3 Å². The lowest BCUT2D eigenvalue weighted by Gasteiger charge is -2.05. The molecule has 5 nitrogen and oxygen atoms in total. The van der Waals surface area contributed by atoms with Crippen molar-refractivity contribution in [3.05, 3.63) is 39.9 Å². The number of aldehydes is 1. The number of hydrogen-bond acceptors (Lipinski definition) is 4. The molecule has 0 radical (unpaired) electrons. The number of rotatable bonds is 4. The van der Waals surface area contributed by atoms with E-state index >= 15 is 0 Å². The minimum atomic E-state index is -0.881. The second-order valence-electron chi connectivity index (χ2n) is 2.77. The van der Waals surface area contributed by atoms with E-state index in [9.17, 15) is 20.0 Å². The van der Waals surface area contributed by atoms with Gasteiger partial charge in [0.1, 0.15) is 6.29 Å². The maximum absolute atomic E-state index is 10.3. The zero-order chi connectivity index (χ0) is 10.6. The Bertz CT molecular complexity index is 333. The van der Waals surface area contributed by atoms with Crippen LogP contribution in [0.3, 0.4) is 0 Å². The molecule has 1 aromatic carbocycles. The van der Waals surface area contributed by atoms with Gasteiger partial charge in [-0.05, 0) is 17.7 Å². The molecule has 0 heterocycles. The van der Waals surface area contributed by atoms with Gasteiger partial charge in [-0.15, -0.1) is 0 Å². The Morgan fingerprint density at radius 2 is 2.00 bits per heavy atom. The number of benzene rings is 1. The third-order valence-corrected chi connectivity index (χ3v) is 1.81. The van der Waals surface area contributed by atoms with E-state index < -0.39 is 11.0 Å². The predicted molar refractivity (Wildman–Crippen MR) is 48.7 cm³/mol. The van der Waals surface area contributed by atoms with E-state index in [2.05, 4.69) is 0 Å². The van der Waals surface area contributed by atoms with Gasteiger partial charge in [-0.1, -0.05) is 0 Å². The fourth-order valence-corrected chi connectivity index (χ4v) is 1.05. The normalized spacial score (nSPS) is 12.1. The third-order valence-electron chi connectivity index (χ3n) is 1.81. The highest BCUT2D eigenvalue weighted by Gasteiger charge is 2.09. The number of aliphatic hydroxyl groups excluding tert-OH is 1. The molecule has 0 amide bonds. The summed E-state index contributed by atoms with van der Waals surface area (Å²) in [6.45, 7) is 0. The molecule has 14 heavy (non-hydrogen) atoms. The van der Waals surface area contributed by atoms with Gasteiger partial charge in [0.05, 0.1) is 11.0 Å². The molecule has 0 aliphatic rings. The van der Waals surface area contributed by atoms with Crippen molar-refractivity contribution in [2.24, 2.45) is 0 Å². The number of nitro benzene ring substituents is 1. The highest BCUT2D eigenvalue weighted by atomic mass is 16.6. The molecular formula is C9H9NO4. The van der Waals surface area contributed by atoms with Gasteiger partial charge in [-0.3, -0.25) is 10.1 Å². The van der Waals surface area contributed by atoms with Crippen LogP contribution in [0.2, 0.25) is 0 Å². The maximum atomic E-state index is 10.3. The molecule has 0 fully saturated rings. The van der Waals surface area contributed by atoms with Crippen molar-refractivity contribution >= 4 is 12.0 Å². The molecule has 0 spiro atoms. The molecule has 0 saturated carbocycles. The number of non-ortho nitro benzene ring substituents is 1. The van der Waals surface area contributed by atoms with Gasteiger partial charge in [0.25, 0.3) is 5.69 Å². The van der Waals surface area contributed by atoms with Crippen molar-refractivity contribution in [3.63, 3.8) is 0 Å². The molecule has 0 unspecified atom stereocenters. The number of nitrogens with zero attached hydrogens (tertiary/aromatic N) is 1. The van der Waals surface area contributed by atoms with Crippen LogP contribution in [0.5, 0.6) is 0 Å². The number of nitro groups is 1. The van der Waals surface area contributed by atoms with Gasteiger partial charge in [0.2, 0.25) is 0 Å². The van der Waals surface area contributed by atoms with Gasteiger partial charge < -0.3 is 9.90 Å². The van der Waals surface area contributed by atoms with Crippen LogP contribution in [0.4, 0.5) is 5.69 Å². The molecule has 0 bridgehead atoms. The highest BCUT2D eigenvalue weighted by Crippen LogP contribution is 2.18. The van der Waals surface area contributed by atoms with E-state index in [1.54, 1.807) is 0 Å². The number of aliphatic hydroxyl groups is 1. The zero-order valence-corrected chi connectivity index (χ0v) is 7.29. The smallest absolute Gasteiger partial charge is 0.269 e.